The molecule has 0 aliphatic carbocycles. The van der Waals surface area contributed by atoms with Crippen LogP contribution in [-0.2, 0) is 4.74 Å². The molecular formula is C7H13NO. The van der Waals surface area contributed by atoms with Crippen LogP contribution in [0.4, 0.5) is 0 Å². The topological polar surface area (TPSA) is 33.0 Å². The van der Waals surface area contributed by atoms with Gasteiger partial charge in [-0.3, -0.25) is 0 Å². The van der Waals surface area contributed by atoms with Gasteiger partial charge in [-0.25, -0.2) is 0 Å². The summed E-state index contributed by atoms with van der Waals surface area (Å²) < 4.78 is 4.99. The molecule has 1 atom stereocenters. The van der Waals surface area contributed by atoms with Crippen molar-refractivity contribution in [3.8, 4) is 6.07 Å². The molecule has 0 fully saturated rings. The molecule has 0 heterocycles. The zero-order valence-corrected chi connectivity index (χ0v) is 6.05. The molecule has 0 radical (unpaired) electrons. The van der Waals surface area contributed by atoms with Crippen LogP contribution >= 0.6 is 0 Å². The highest BCUT2D eigenvalue weighted by Gasteiger charge is 1.96. The van der Waals surface area contributed by atoms with Crippen molar-refractivity contribution in [3.05, 3.63) is 0 Å². The van der Waals surface area contributed by atoms with Gasteiger partial charge in [-0.2, -0.15) is 5.26 Å². The highest BCUT2D eigenvalue weighted by atomic mass is 16.5. The Morgan fingerprint density at radius 1 is 1.67 bits per heavy atom. The van der Waals surface area contributed by atoms with Crippen LogP contribution in [0, 0.1) is 11.3 Å². The molecule has 0 aliphatic rings. The number of rotatable bonds is 4. The SMILES string of the molecule is COC(C)CCCC#N. The first kappa shape index (κ1) is 8.45. The first-order valence-electron chi connectivity index (χ1n) is 3.21. The smallest absolute Gasteiger partial charge is 0.0621 e. The quantitative estimate of drug-likeness (QED) is 0.538. The Morgan fingerprint density at radius 3 is 2.78 bits per heavy atom. The van der Waals surface area contributed by atoms with Gasteiger partial charge in [0.1, 0.15) is 0 Å². The molecule has 0 amide bonds. The van der Waals surface area contributed by atoms with Gasteiger partial charge in [-0.05, 0) is 19.8 Å². The van der Waals surface area contributed by atoms with E-state index >= 15 is 0 Å². The second kappa shape index (κ2) is 5.58. The van der Waals surface area contributed by atoms with Gasteiger partial charge in [0, 0.05) is 13.5 Å². The van der Waals surface area contributed by atoms with Crippen LogP contribution in [0.5, 0.6) is 0 Å². The molecule has 0 bridgehead atoms. The van der Waals surface area contributed by atoms with Crippen LogP contribution in [0.25, 0.3) is 0 Å². The van der Waals surface area contributed by atoms with E-state index in [2.05, 4.69) is 6.07 Å². The van der Waals surface area contributed by atoms with Gasteiger partial charge in [-0.15, -0.1) is 0 Å². The van der Waals surface area contributed by atoms with E-state index in [9.17, 15) is 0 Å². The van der Waals surface area contributed by atoms with E-state index in [1.807, 2.05) is 6.92 Å². The summed E-state index contributed by atoms with van der Waals surface area (Å²) >= 11 is 0. The maximum Gasteiger partial charge on any atom is 0.0621 e. The summed E-state index contributed by atoms with van der Waals surface area (Å²) in [5.41, 5.74) is 0. The summed E-state index contributed by atoms with van der Waals surface area (Å²) in [7, 11) is 1.69. The number of hydrogen-bond donors (Lipinski definition) is 0. The van der Waals surface area contributed by atoms with E-state index in [0.29, 0.717) is 12.5 Å². The van der Waals surface area contributed by atoms with E-state index in [-0.39, 0.29) is 0 Å². The molecule has 0 spiro atoms. The maximum atomic E-state index is 8.16. The van der Waals surface area contributed by atoms with Gasteiger partial charge in [0.2, 0.25) is 0 Å². The average Bonchev–Trinajstić information content (AvgIpc) is 1.89. The highest BCUT2D eigenvalue weighted by molar-refractivity contribution is 4.68. The summed E-state index contributed by atoms with van der Waals surface area (Å²) in [5, 5.41) is 8.16. The fourth-order valence-corrected chi connectivity index (χ4v) is 0.586. The maximum absolute atomic E-state index is 8.16. The molecule has 9 heavy (non-hydrogen) atoms. The van der Waals surface area contributed by atoms with Crippen LogP contribution in [0.2, 0.25) is 0 Å². The Morgan fingerprint density at radius 2 is 2.33 bits per heavy atom. The fourth-order valence-electron chi connectivity index (χ4n) is 0.586. The number of unbranched alkanes of at least 4 members (excludes halogenated alkanes) is 1. The summed E-state index contributed by atoms with van der Waals surface area (Å²) in [5.74, 6) is 0. The van der Waals surface area contributed by atoms with E-state index in [1.165, 1.54) is 0 Å². The minimum Gasteiger partial charge on any atom is -0.382 e. The molecule has 1 unspecified atom stereocenters. The zero-order chi connectivity index (χ0) is 7.11. The summed E-state index contributed by atoms with van der Waals surface area (Å²) in [6.07, 6.45) is 2.89. The van der Waals surface area contributed by atoms with Gasteiger partial charge in [0.15, 0.2) is 0 Å². The van der Waals surface area contributed by atoms with Crippen LogP contribution in [0.1, 0.15) is 26.2 Å². The normalized spacial score (nSPS) is 12.6. The minimum atomic E-state index is 0.304. The molecule has 0 aromatic heterocycles. The van der Waals surface area contributed by atoms with Gasteiger partial charge in [0.25, 0.3) is 0 Å². The molecule has 0 aromatic carbocycles. The van der Waals surface area contributed by atoms with E-state index in [1.54, 1.807) is 7.11 Å². The second-order valence-corrected chi connectivity index (χ2v) is 2.10. The molecule has 0 aliphatic heterocycles. The molecular weight excluding hydrogens is 114 g/mol. The van der Waals surface area contributed by atoms with Crippen LogP contribution in [0.15, 0.2) is 0 Å². The fraction of sp³-hybridized carbons (Fsp3) is 0.857. The van der Waals surface area contributed by atoms with Crippen molar-refractivity contribution in [3.63, 3.8) is 0 Å². The largest absolute Gasteiger partial charge is 0.382 e. The number of nitriles is 1. The van der Waals surface area contributed by atoms with E-state index in [0.717, 1.165) is 12.8 Å². The number of nitrogens with zero attached hydrogens (tertiary/aromatic N) is 1. The van der Waals surface area contributed by atoms with Crippen molar-refractivity contribution in [1.29, 1.82) is 5.26 Å². The lowest BCUT2D eigenvalue weighted by Crippen LogP contribution is -2.03. The molecule has 2 nitrogen and oxygen atoms in total. The Hall–Kier alpha value is -0.550. The molecule has 0 rings (SSSR count). The molecule has 2 heteroatoms. The van der Waals surface area contributed by atoms with Crippen molar-refractivity contribution in [1.82, 2.24) is 0 Å². The summed E-state index contributed by atoms with van der Waals surface area (Å²) in [6.45, 7) is 2.01. The third-order valence-corrected chi connectivity index (χ3v) is 1.30. The predicted octanol–water partition coefficient (Wildman–Crippen LogP) is 1.72. The third-order valence-electron chi connectivity index (χ3n) is 1.30. The van der Waals surface area contributed by atoms with Gasteiger partial charge in [-0.1, -0.05) is 0 Å². The number of methoxy groups -OCH3 is 1. The minimum absolute atomic E-state index is 0.304. The molecule has 0 saturated heterocycles. The van der Waals surface area contributed by atoms with E-state index < -0.39 is 0 Å². The van der Waals surface area contributed by atoms with Gasteiger partial charge in [0.05, 0.1) is 12.2 Å². The standard InChI is InChI=1S/C7H13NO/c1-7(9-2)5-3-4-6-8/h7H,3-5H2,1-2H3. The van der Waals surface area contributed by atoms with Crippen LogP contribution < -0.4 is 0 Å². The van der Waals surface area contributed by atoms with Crippen molar-refractivity contribution in [2.45, 2.75) is 32.3 Å². The van der Waals surface area contributed by atoms with Crippen molar-refractivity contribution >= 4 is 0 Å². The molecule has 0 aromatic rings. The van der Waals surface area contributed by atoms with Crippen LogP contribution in [0.3, 0.4) is 0 Å². The van der Waals surface area contributed by atoms with Gasteiger partial charge >= 0.3 is 0 Å². The lowest BCUT2D eigenvalue weighted by atomic mass is 10.2. The zero-order valence-electron chi connectivity index (χ0n) is 6.05. The molecule has 0 N–H and O–H groups in total. The van der Waals surface area contributed by atoms with E-state index in [4.69, 9.17) is 10.00 Å². The average molecular weight is 127 g/mol. The third kappa shape index (κ3) is 5.32. The van der Waals surface area contributed by atoms with Crippen molar-refractivity contribution in [2.24, 2.45) is 0 Å². The van der Waals surface area contributed by atoms with Gasteiger partial charge < -0.3 is 4.74 Å². The number of hydrogen-bond acceptors (Lipinski definition) is 2. The summed E-state index contributed by atoms with van der Waals surface area (Å²) in [4.78, 5) is 0. The van der Waals surface area contributed by atoms with Crippen molar-refractivity contribution < 1.29 is 4.74 Å². The molecule has 0 saturated carbocycles. The Balaban J connectivity index is 2.99. The second-order valence-electron chi connectivity index (χ2n) is 2.10. The Bertz CT molecular complexity index is 95.6. The molecule has 52 valence electrons. The predicted molar refractivity (Wildman–Crippen MR) is 35.9 cm³/mol. The van der Waals surface area contributed by atoms with Crippen molar-refractivity contribution in [2.75, 3.05) is 7.11 Å². The Labute approximate surface area is 56.4 Å². The monoisotopic (exact) mass is 127 g/mol. The summed E-state index contributed by atoms with van der Waals surface area (Å²) in [6, 6.07) is 2.09. The lowest BCUT2D eigenvalue weighted by Gasteiger charge is -2.05. The highest BCUT2D eigenvalue weighted by Crippen LogP contribution is 2.01. The Kier molecular flexibility index (Phi) is 5.24. The lowest BCUT2D eigenvalue weighted by molar-refractivity contribution is 0.109. The first-order valence-corrected chi connectivity index (χ1v) is 3.21. The first-order chi connectivity index (χ1) is 4.31. The van der Waals surface area contributed by atoms with Crippen LogP contribution in [-0.4, -0.2) is 13.2 Å². The number of ether oxygens (including phenoxy) is 1.